The molecule has 2 unspecified atom stereocenters. The number of aromatic nitrogens is 4. The molecule has 10 nitrogen and oxygen atoms in total. The maximum Gasteiger partial charge on any atom is 0.321 e. The fourth-order valence-electron chi connectivity index (χ4n) is 3.40. The number of carbonyl (C=O) groups excluding carboxylic acids is 2. The minimum Gasteiger partial charge on any atom is -0.454 e. The number of nitrogens with one attached hydrogen (secondary N) is 2. The van der Waals surface area contributed by atoms with E-state index in [1.165, 1.54) is 11.3 Å². The summed E-state index contributed by atoms with van der Waals surface area (Å²) >= 11 is 1.38. The molecule has 1 aromatic carbocycles. The molecule has 4 rings (SSSR count). The Kier molecular flexibility index (Phi) is 7.81. The van der Waals surface area contributed by atoms with E-state index in [-0.39, 0.29) is 18.5 Å². The molecule has 0 saturated carbocycles. The van der Waals surface area contributed by atoms with Crippen molar-refractivity contribution in [2.45, 2.75) is 26.9 Å². The molecular formula is C25H27N7O3S. The van der Waals surface area contributed by atoms with Gasteiger partial charge in [-0.25, -0.2) is 19.7 Å². The van der Waals surface area contributed by atoms with E-state index in [0.717, 1.165) is 27.1 Å². The van der Waals surface area contributed by atoms with Crippen molar-refractivity contribution >= 4 is 38.7 Å². The molecule has 4 aromatic rings. The minimum atomic E-state index is -0.603. The highest BCUT2D eigenvalue weighted by atomic mass is 32.1. The topological polar surface area (TPSA) is 145 Å². The average molecular weight is 506 g/mol. The van der Waals surface area contributed by atoms with Crippen LogP contribution in [0.2, 0.25) is 0 Å². The number of nitrogens with zero attached hydrogens (tertiary/aromatic N) is 4. The number of carbonyl (C=O) groups is 2. The quantitative estimate of drug-likeness (QED) is 0.303. The van der Waals surface area contributed by atoms with Gasteiger partial charge in [0.1, 0.15) is 0 Å². The van der Waals surface area contributed by atoms with Gasteiger partial charge < -0.3 is 15.8 Å². The average Bonchev–Trinajstić information content (AvgIpc) is 3.30. The molecule has 36 heavy (non-hydrogen) atoms. The lowest BCUT2D eigenvalue weighted by molar-refractivity contribution is -0.153. The first-order valence-electron chi connectivity index (χ1n) is 11.5. The highest BCUT2D eigenvalue weighted by Crippen LogP contribution is 2.38. The van der Waals surface area contributed by atoms with Crippen LogP contribution in [0.4, 0.5) is 9.93 Å². The molecule has 0 aliphatic rings. The van der Waals surface area contributed by atoms with Crippen LogP contribution in [0.1, 0.15) is 32.7 Å². The highest BCUT2D eigenvalue weighted by Gasteiger charge is 2.20. The Bertz CT molecular complexity index is 1360. The van der Waals surface area contributed by atoms with Gasteiger partial charge in [-0.2, -0.15) is 0 Å². The minimum absolute atomic E-state index is 0.212. The first-order chi connectivity index (χ1) is 17.4. The number of nitrogens with two attached hydrogens (primary N) is 1. The van der Waals surface area contributed by atoms with Crippen LogP contribution in [0.25, 0.3) is 32.6 Å². The van der Waals surface area contributed by atoms with Crippen molar-refractivity contribution in [3.05, 3.63) is 54.7 Å². The van der Waals surface area contributed by atoms with Crippen molar-refractivity contribution in [2.75, 3.05) is 18.4 Å². The van der Waals surface area contributed by atoms with Gasteiger partial charge in [0.05, 0.1) is 21.8 Å². The van der Waals surface area contributed by atoms with Crippen LogP contribution in [0.5, 0.6) is 0 Å². The van der Waals surface area contributed by atoms with Gasteiger partial charge in [0.25, 0.3) is 0 Å². The highest BCUT2D eigenvalue weighted by molar-refractivity contribution is 7.22. The number of benzene rings is 1. The molecule has 0 aliphatic heterocycles. The second-order valence-corrected chi connectivity index (χ2v) is 9.14. The maximum absolute atomic E-state index is 12.0. The normalized spacial score (nSPS) is 12.7. The summed E-state index contributed by atoms with van der Waals surface area (Å²) in [6.07, 6.45) is 4.49. The van der Waals surface area contributed by atoms with Crippen molar-refractivity contribution in [3.8, 4) is 22.4 Å². The van der Waals surface area contributed by atoms with Crippen molar-refractivity contribution in [2.24, 2.45) is 11.7 Å². The fraction of sp³-hybridized carbons (Fsp3) is 0.280. The van der Waals surface area contributed by atoms with Crippen LogP contribution in [-0.2, 0) is 9.53 Å². The molecule has 186 valence electrons. The number of ether oxygens (including phenoxy) is 1. The maximum atomic E-state index is 12.0. The summed E-state index contributed by atoms with van der Waals surface area (Å²) in [5, 5.41) is 5.97. The smallest absolute Gasteiger partial charge is 0.321 e. The number of anilines is 1. The lowest BCUT2D eigenvalue weighted by Crippen LogP contribution is -2.28. The number of fused-ring (bicyclic) bond motifs is 1. The largest absolute Gasteiger partial charge is 0.454 e. The summed E-state index contributed by atoms with van der Waals surface area (Å²) in [5.41, 5.74) is 9.52. The molecule has 0 aliphatic carbocycles. The van der Waals surface area contributed by atoms with E-state index in [2.05, 4.69) is 30.6 Å². The summed E-state index contributed by atoms with van der Waals surface area (Å²) in [6.45, 7) is 6.01. The molecule has 0 radical (unpaired) electrons. The standard InChI is InChI=1S/C25H27N7O3S/c1-4-27-24(34)32-25-31-20-10-16(9-18(21(20)36-25)19-7-5-6-8-28-19)17-12-29-22(30-13-17)15(3)35-23(33)14(2)11-26/h5-10,12-15H,4,11,26H2,1-3H3,(H2,27,31,32,34). The van der Waals surface area contributed by atoms with Gasteiger partial charge in [-0.3, -0.25) is 15.1 Å². The van der Waals surface area contributed by atoms with Crippen molar-refractivity contribution < 1.29 is 14.3 Å². The Labute approximate surface area is 212 Å². The van der Waals surface area contributed by atoms with Gasteiger partial charge in [0.2, 0.25) is 0 Å². The third kappa shape index (κ3) is 5.64. The third-order valence-electron chi connectivity index (χ3n) is 5.41. The van der Waals surface area contributed by atoms with E-state index in [9.17, 15) is 9.59 Å². The van der Waals surface area contributed by atoms with Crippen molar-refractivity contribution in [1.29, 1.82) is 0 Å². The van der Waals surface area contributed by atoms with Crippen LogP contribution in [0, 0.1) is 5.92 Å². The van der Waals surface area contributed by atoms with E-state index < -0.39 is 12.0 Å². The zero-order chi connectivity index (χ0) is 25.7. The third-order valence-corrected chi connectivity index (χ3v) is 6.43. The second-order valence-electron chi connectivity index (χ2n) is 8.14. The Balaban J connectivity index is 1.68. The molecule has 3 heterocycles. The monoisotopic (exact) mass is 505 g/mol. The van der Waals surface area contributed by atoms with E-state index in [1.54, 1.807) is 32.4 Å². The first kappa shape index (κ1) is 25.1. The summed E-state index contributed by atoms with van der Waals surface area (Å²) in [6, 6.07) is 9.31. The van der Waals surface area contributed by atoms with Crippen molar-refractivity contribution in [3.63, 3.8) is 0 Å². The molecule has 0 saturated heterocycles. The number of urea groups is 1. The Morgan fingerprint density at radius 2 is 1.89 bits per heavy atom. The number of rotatable bonds is 8. The molecule has 2 amide bonds. The van der Waals surface area contributed by atoms with Gasteiger partial charge in [0, 0.05) is 42.8 Å². The molecule has 2 atom stereocenters. The van der Waals surface area contributed by atoms with Gasteiger partial charge in [-0.05, 0) is 43.7 Å². The Morgan fingerprint density at radius 1 is 1.11 bits per heavy atom. The number of hydrogen-bond acceptors (Lipinski definition) is 9. The summed E-state index contributed by atoms with van der Waals surface area (Å²) in [5.74, 6) is -0.387. The molecule has 0 fully saturated rings. The van der Waals surface area contributed by atoms with E-state index in [4.69, 9.17) is 10.5 Å². The Hall–Kier alpha value is -3.96. The summed E-state index contributed by atoms with van der Waals surface area (Å²) in [4.78, 5) is 42.0. The second kappa shape index (κ2) is 11.2. The van der Waals surface area contributed by atoms with E-state index in [0.29, 0.717) is 23.0 Å². The van der Waals surface area contributed by atoms with Crippen LogP contribution < -0.4 is 16.4 Å². The van der Waals surface area contributed by atoms with E-state index >= 15 is 0 Å². The van der Waals surface area contributed by atoms with Gasteiger partial charge in [-0.15, -0.1) is 0 Å². The van der Waals surface area contributed by atoms with Crippen LogP contribution in [0.3, 0.4) is 0 Å². The molecule has 0 spiro atoms. The molecule has 0 bridgehead atoms. The number of hydrogen-bond donors (Lipinski definition) is 3. The lowest BCUT2D eigenvalue weighted by atomic mass is 10.0. The molecule has 4 N–H and O–H groups in total. The number of pyridine rings is 1. The van der Waals surface area contributed by atoms with Crippen LogP contribution >= 0.6 is 11.3 Å². The number of amides is 2. The van der Waals surface area contributed by atoms with Gasteiger partial charge >= 0.3 is 12.0 Å². The van der Waals surface area contributed by atoms with E-state index in [1.807, 2.05) is 37.3 Å². The number of esters is 1. The zero-order valence-corrected chi connectivity index (χ0v) is 21.0. The SMILES string of the molecule is CCNC(=O)Nc1nc2cc(-c3cnc(C(C)OC(=O)C(C)CN)nc3)cc(-c3ccccn3)c2s1. The molecular weight excluding hydrogens is 478 g/mol. The lowest BCUT2D eigenvalue weighted by Gasteiger charge is -2.15. The van der Waals surface area contributed by atoms with Gasteiger partial charge in [-0.1, -0.05) is 24.3 Å². The predicted molar refractivity (Wildman–Crippen MR) is 139 cm³/mol. The van der Waals surface area contributed by atoms with Crippen LogP contribution in [-0.4, -0.2) is 45.0 Å². The fourth-order valence-corrected chi connectivity index (χ4v) is 4.37. The van der Waals surface area contributed by atoms with Crippen molar-refractivity contribution in [1.82, 2.24) is 25.3 Å². The first-order valence-corrected chi connectivity index (χ1v) is 12.3. The zero-order valence-electron chi connectivity index (χ0n) is 20.2. The van der Waals surface area contributed by atoms with Crippen LogP contribution in [0.15, 0.2) is 48.9 Å². The Morgan fingerprint density at radius 3 is 2.56 bits per heavy atom. The summed E-state index contributed by atoms with van der Waals surface area (Å²) < 4.78 is 6.32. The molecule has 3 aromatic heterocycles. The summed E-state index contributed by atoms with van der Waals surface area (Å²) in [7, 11) is 0. The van der Waals surface area contributed by atoms with Gasteiger partial charge in [0.15, 0.2) is 17.1 Å². The molecule has 11 heteroatoms. The number of thiazole rings is 1. The predicted octanol–water partition coefficient (Wildman–Crippen LogP) is 4.16.